The normalized spacial score (nSPS) is 12.5. The van der Waals surface area contributed by atoms with E-state index in [1.807, 2.05) is 101 Å². The molecule has 0 N–H and O–H groups in total. The highest BCUT2D eigenvalue weighted by Crippen LogP contribution is 2.13. The maximum Gasteiger partial charge on any atom is 0.307 e. The van der Waals surface area contributed by atoms with E-state index in [2.05, 4.69) is 26.8 Å². The average Bonchev–Trinajstić information content (AvgIpc) is 3.15. The zero-order chi connectivity index (χ0) is 48.1. The van der Waals surface area contributed by atoms with E-state index in [0.29, 0.717) is 78.9 Å². The maximum absolute atomic E-state index is 12.4. The molecule has 1 aromatic rings. The first-order valence-corrected chi connectivity index (χ1v) is 23.7. The minimum absolute atomic E-state index is 0.248. The van der Waals surface area contributed by atoms with Crippen LogP contribution in [0.15, 0.2) is 30.3 Å². The van der Waals surface area contributed by atoms with Gasteiger partial charge in [-0.1, -0.05) is 30.3 Å². The Labute approximate surface area is 387 Å². The van der Waals surface area contributed by atoms with Crippen LogP contribution in [0.2, 0.25) is 0 Å². The summed E-state index contributed by atoms with van der Waals surface area (Å²) in [5, 5.41) is 0. The lowest BCUT2D eigenvalue weighted by molar-refractivity contribution is -0.157. The number of hydrogen-bond acceptors (Lipinski definition) is 14. The van der Waals surface area contributed by atoms with Gasteiger partial charge in [-0.2, -0.15) is 0 Å². The molecule has 0 spiro atoms. The molecule has 0 bridgehead atoms. The zero-order valence-electron chi connectivity index (χ0n) is 42.2. The number of hydrogen-bond donors (Lipinski definition) is 0. The summed E-state index contributed by atoms with van der Waals surface area (Å²) in [6, 6.07) is 10.2. The van der Waals surface area contributed by atoms with Gasteiger partial charge in [0.1, 0.15) is 22.4 Å². The molecule has 14 heteroatoms. The second-order valence-electron chi connectivity index (χ2n) is 20.4. The van der Waals surface area contributed by atoms with Crippen LogP contribution >= 0.6 is 0 Å². The van der Waals surface area contributed by atoms with Crippen molar-refractivity contribution in [3.63, 3.8) is 0 Å². The zero-order valence-corrected chi connectivity index (χ0v) is 42.2. The molecule has 0 saturated heterocycles. The third kappa shape index (κ3) is 37.1. The van der Waals surface area contributed by atoms with Gasteiger partial charge in [0.2, 0.25) is 0 Å². The molecule has 0 radical (unpaired) electrons. The number of benzene rings is 1. The molecular formula is C50H89N3O11. The molecular weight excluding hydrogens is 819 g/mol. The molecule has 370 valence electrons. The van der Waals surface area contributed by atoms with Gasteiger partial charge in [0.15, 0.2) is 0 Å². The number of rotatable bonds is 34. The van der Waals surface area contributed by atoms with Gasteiger partial charge in [-0.15, -0.1) is 0 Å². The predicted octanol–water partition coefficient (Wildman–Crippen LogP) is 8.02. The molecule has 0 aliphatic rings. The topological polar surface area (TPSA) is 143 Å². The Morgan fingerprint density at radius 3 is 0.891 bits per heavy atom. The molecule has 0 saturated carbocycles. The SMILES string of the molecule is CC(C)(C)OC(=O)CCN(CCCOCCCN(CCCOCCCN(CCC(=O)OC(C)(C)C)CCC(=O)OC(C)(C)C)CCCOCc1ccccc1)CCC(=O)OC(C)(C)C. The average molecular weight is 908 g/mol. The monoisotopic (exact) mass is 908 g/mol. The molecule has 0 aliphatic heterocycles. The summed E-state index contributed by atoms with van der Waals surface area (Å²) in [7, 11) is 0. The lowest BCUT2D eigenvalue weighted by Gasteiger charge is -2.25. The third-order valence-electron chi connectivity index (χ3n) is 9.14. The van der Waals surface area contributed by atoms with Crippen molar-refractivity contribution in [2.24, 2.45) is 0 Å². The summed E-state index contributed by atoms with van der Waals surface area (Å²) in [5.41, 5.74) is -1.02. The predicted molar refractivity (Wildman–Crippen MR) is 252 cm³/mol. The van der Waals surface area contributed by atoms with Gasteiger partial charge in [-0.05, 0) is 121 Å². The second kappa shape index (κ2) is 31.7. The molecule has 0 amide bonds. The van der Waals surface area contributed by atoms with Crippen molar-refractivity contribution < 1.29 is 52.3 Å². The van der Waals surface area contributed by atoms with E-state index in [4.69, 9.17) is 33.2 Å². The largest absolute Gasteiger partial charge is 0.460 e. The lowest BCUT2D eigenvalue weighted by Crippen LogP contribution is -2.33. The Morgan fingerprint density at radius 1 is 0.375 bits per heavy atom. The third-order valence-corrected chi connectivity index (χ3v) is 9.14. The fraction of sp³-hybridized carbons (Fsp3) is 0.800. The molecule has 64 heavy (non-hydrogen) atoms. The van der Waals surface area contributed by atoms with E-state index in [0.717, 1.165) is 57.3 Å². The van der Waals surface area contributed by atoms with Gasteiger partial charge in [-0.3, -0.25) is 19.2 Å². The van der Waals surface area contributed by atoms with Crippen LogP contribution in [-0.4, -0.2) is 153 Å². The van der Waals surface area contributed by atoms with Crippen molar-refractivity contribution >= 4 is 23.9 Å². The van der Waals surface area contributed by atoms with Crippen molar-refractivity contribution in [2.75, 3.05) is 91.9 Å². The smallest absolute Gasteiger partial charge is 0.307 e. The van der Waals surface area contributed by atoms with Crippen LogP contribution in [0.25, 0.3) is 0 Å². The van der Waals surface area contributed by atoms with Crippen LogP contribution in [0.4, 0.5) is 0 Å². The van der Waals surface area contributed by atoms with Crippen LogP contribution in [0.3, 0.4) is 0 Å². The first kappa shape index (κ1) is 58.9. The van der Waals surface area contributed by atoms with Crippen LogP contribution < -0.4 is 0 Å². The van der Waals surface area contributed by atoms with Gasteiger partial charge in [0.25, 0.3) is 0 Å². The highest BCUT2D eigenvalue weighted by atomic mass is 16.6. The highest BCUT2D eigenvalue weighted by Gasteiger charge is 2.22. The Hall–Kier alpha value is -3.14. The maximum atomic E-state index is 12.4. The number of carbonyl (C=O) groups excluding carboxylic acids is 4. The fourth-order valence-corrected chi connectivity index (χ4v) is 6.49. The molecule has 1 aromatic carbocycles. The van der Waals surface area contributed by atoms with E-state index in [-0.39, 0.29) is 49.6 Å². The standard InChI is InChI=1S/C50H89N3O11/c1-47(2,3)61-43(54)23-32-52(33-24-44(55)62-48(4,5)6)30-18-38-58-36-16-27-51(29-20-40-60-41-42-21-14-13-15-22-42)28-17-37-59-39-19-31-53(34-25-45(56)63-49(7,8)9)35-26-46(57)64-50(10,11)12/h13-15,21-22H,16-20,23-41H2,1-12H3. The lowest BCUT2D eigenvalue weighted by atomic mass is 10.2. The summed E-state index contributed by atoms with van der Waals surface area (Å²) in [6.07, 6.45) is 5.22. The number of esters is 4. The molecule has 0 aliphatic carbocycles. The first-order valence-electron chi connectivity index (χ1n) is 23.7. The Morgan fingerprint density at radius 2 is 0.625 bits per heavy atom. The molecule has 1 rings (SSSR count). The second-order valence-corrected chi connectivity index (χ2v) is 20.4. The number of nitrogens with zero attached hydrogens (tertiary/aromatic N) is 3. The van der Waals surface area contributed by atoms with Crippen molar-refractivity contribution in [3.05, 3.63) is 35.9 Å². The van der Waals surface area contributed by atoms with Crippen molar-refractivity contribution in [3.8, 4) is 0 Å². The quantitative estimate of drug-likeness (QED) is 0.0374. The molecule has 0 unspecified atom stereocenters. The van der Waals surface area contributed by atoms with E-state index in [9.17, 15) is 19.2 Å². The summed E-state index contributed by atoms with van der Waals surface area (Å²) >= 11 is 0. The Balaban J connectivity index is 2.61. The van der Waals surface area contributed by atoms with Crippen LogP contribution in [0.1, 0.15) is 146 Å². The fourth-order valence-electron chi connectivity index (χ4n) is 6.49. The molecule has 0 atom stereocenters. The first-order chi connectivity index (χ1) is 29.9. The molecule has 14 nitrogen and oxygen atoms in total. The summed E-state index contributed by atoms with van der Waals surface area (Å²) < 4.78 is 40.1. The van der Waals surface area contributed by atoms with Crippen LogP contribution in [0, 0.1) is 0 Å². The molecule has 0 aromatic heterocycles. The van der Waals surface area contributed by atoms with Gasteiger partial charge in [0, 0.05) is 91.9 Å². The van der Waals surface area contributed by atoms with E-state index in [1.54, 1.807) is 0 Å². The summed E-state index contributed by atoms with van der Waals surface area (Å²) in [6.45, 7) is 32.0. The summed E-state index contributed by atoms with van der Waals surface area (Å²) in [4.78, 5) is 56.4. The Bertz CT molecular complexity index is 1270. The van der Waals surface area contributed by atoms with Gasteiger partial charge >= 0.3 is 23.9 Å². The number of ether oxygens (including phenoxy) is 7. The molecule has 0 fully saturated rings. The van der Waals surface area contributed by atoms with Crippen molar-refractivity contribution in [1.29, 1.82) is 0 Å². The number of carbonyl (C=O) groups is 4. The van der Waals surface area contributed by atoms with Crippen molar-refractivity contribution in [2.45, 2.75) is 170 Å². The van der Waals surface area contributed by atoms with E-state index >= 15 is 0 Å². The van der Waals surface area contributed by atoms with Gasteiger partial charge in [-0.25, -0.2) is 0 Å². The Kier molecular flexibility index (Phi) is 29.2. The van der Waals surface area contributed by atoms with Crippen LogP contribution in [0.5, 0.6) is 0 Å². The minimum atomic E-state index is -0.546. The van der Waals surface area contributed by atoms with E-state index < -0.39 is 22.4 Å². The highest BCUT2D eigenvalue weighted by molar-refractivity contribution is 5.71. The van der Waals surface area contributed by atoms with E-state index in [1.165, 1.54) is 0 Å². The van der Waals surface area contributed by atoms with Gasteiger partial charge < -0.3 is 47.9 Å². The van der Waals surface area contributed by atoms with Crippen LogP contribution in [-0.2, 0) is 58.9 Å². The van der Waals surface area contributed by atoms with Gasteiger partial charge in [0.05, 0.1) is 32.3 Å². The molecule has 0 heterocycles. The van der Waals surface area contributed by atoms with Crippen molar-refractivity contribution in [1.82, 2.24) is 14.7 Å². The summed E-state index contributed by atoms with van der Waals surface area (Å²) in [5.74, 6) is -1.02. The minimum Gasteiger partial charge on any atom is -0.460 e.